The fourth-order valence-corrected chi connectivity index (χ4v) is 4.20. The summed E-state index contributed by atoms with van der Waals surface area (Å²) in [7, 11) is 0. The van der Waals surface area contributed by atoms with Gasteiger partial charge in [0.2, 0.25) is 0 Å². The zero-order valence-electron chi connectivity index (χ0n) is 16.2. The molecule has 26 heavy (non-hydrogen) atoms. The highest BCUT2D eigenvalue weighted by molar-refractivity contribution is 7.75. The lowest BCUT2D eigenvalue weighted by atomic mass is 9.87. The van der Waals surface area contributed by atoms with E-state index in [2.05, 4.69) is 6.92 Å². The van der Waals surface area contributed by atoms with Crippen LogP contribution < -0.4 is 0 Å². The predicted octanol–water partition coefficient (Wildman–Crippen LogP) is 3.65. The van der Waals surface area contributed by atoms with Crippen LogP contribution in [0.3, 0.4) is 0 Å². The molecule has 2 aliphatic rings. The Morgan fingerprint density at radius 3 is 2.19 bits per heavy atom. The summed E-state index contributed by atoms with van der Waals surface area (Å²) in [6.07, 6.45) is 8.43. The average molecular weight is 389 g/mol. The second-order valence-electron chi connectivity index (χ2n) is 8.00. The van der Waals surface area contributed by atoms with Gasteiger partial charge in [-0.2, -0.15) is 4.21 Å². The molecule has 6 nitrogen and oxygen atoms in total. The molecule has 2 rings (SSSR count). The number of carbonyl (C=O) groups excluding carboxylic acids is 2. The van der Waals surface area contributed by atoms with E-state index in [-0.39, 0.29) is 24.6 Å². The minimum atomic E-state index is -1.98. The van der Waals surface area contributed by atoms with Crippen LogP contribution in [0.15, 0.2) is 0 Å². The molecule has 2 unspecified atom stereocenters. The Kier molecular flexibility index (Phi) is 8.23. The van der Waals surface area contributed by atoms with Gasteiger partial charge in [-0.05, 0) is 71.1 Å². The van der Waals surface area contributed by atoms with Gasteiger partial charge in [0.1, 0.15) is 17.3 Å². The van der Waals surface area contributed by atoms with Gasteiger partial charge in [0, 0.05) is 0 Å². The van der Waals surface area contributed by atoms with Crippen molar-refractivity contribution in [1.29, 1.82) is 0 Å². The molecule has 2 saturated carbocycles. The van der Waals surface area contributed by atoms with Crippen LogP contribution in [-0.2, 0) is 34.1 Å². The first kappa shape index (κ1) is 21.5. The molecule has 0 aromatic heterocycles. The van der Waals surface area contributed by atoms with Crippen LogP contribution in [0.25, 0.3) is 0 Å². The minimum absolute atomic E-state index is 0.0928. The van der Waals surface area contributed by atoms with Crippen LogP contribution in [0.1, 0.15) is 78.6 Å². The lowest BCUT2D eigenvalue weighted by Gasteiger charge is -2.29. The molecule has 2 aliphatic carbocycles. The van der Waals surface area contributed by atoms with E-state index >= 15 is 0 Å². The first-order valence-electron chi connectivity index (χ1n) is 9.75. The minimum Gasteiger partial charge on any atom is -0.462 e. The van der Waals surface area contributed by atoms with Crippen molar-refractivity contribution in [2.75, 3.05) is 6.61 Å². The Morgan fingerprint density at radius 2 is 1.62 bits per heavy atom. The lowest BCUT2D eigenvalue weighted by Crippen LogP contribution is -2.43. The van der Waals surface area contributed by atoms with E-state index in [1.54, 1.807) is 0 Å². The van der Waals surface area contributed by atoms with Gasteiger partial charge in [-0.3, -0.25) is 18.0 Å². The number of hydrogen-bond acceptors (Lipinski definition) is 6. The van der Waals surface area contributed by atoms with Crippen molar-refractivity contribution in [2.24, 2.45) is 11.3 Å². The van der Waals surface area contributed by atoms with E-state index < -0.39 is 22.7 Å². The molecule has 2 fully saturated rings. The highest BCUT2D eigenvalue weighted by atomic mass is 32.2. The number of Topliss-reactive ketones (excluding diaryl/α,β-unsaturated/α-hetero) is 1. The van der Waals surface area contributed by atoms with E-state index in [0.29, 0.717) is 5.92 Å². The second-order valence-corrected chi connectivity index (χ2v) is 8.83. The Morgan fingerprint density at radius 1 is 1.00 bits per heavy atom. The Labute approximate surface area is 159 Å². The van der Waals surface area contributed by atoms with E-state index in [1.165, 1.54) is 13.8 Å². The van der Waals surface area contributed by atoms with Gasteiger partial charge in [0.15, 0.2) is 0 Å². The van der Waals surface area contributed by atoms with E-state index in [4.69, 9.17) is 13.1 Å². The summed E-state index contributed by atoms with van der Waals surface area (Å²) in [6.45, 7) is 4.71. The summed E-state index contributed by atoms with van der Waals surface area (Å²) in [5.74, 6) is -0.290. The number of esters is 1. The predicted molar refractivity (Wildman–Crippen MR) is 98.4 cm³/mol. The Hall–Kier alpha value is -0.790. The molecule has 0 spiro atoms. The molecule has 0 bridgehead atoms. The van der Waals surface area contributed by atoms with Crippen LogP contribution in [-0.4, -0.2) is 34.8 Å². The summed E-state index contributed by atoms with van der Waals surface area (Å²) in [6, 6.07) is 0. The van der Waals surface area contributed by atoms with Gasteiger partial charge >= 0.3 is 17.3 Å². The molecule has 0 aliphatic heterocycles. The number of hydrogen-bond donors (Lipinski definition) is 0. The van der Waals surface area contributed by atoms with Crippen molar-refractivity contribution < 1.29 is 26.9 Å². The van der Waals surface area contributed by atoms with Crippen LogP contribution in [0, 0.1) is 11.3 Å². The van der Waals surface area contributed by atoms with Gasteiger partial charge < -0.3 is 4.74 Å². The van der Waals surface area contributed by atoms with E-state index in [0.717, 1.165) is 57.8 Å². The normalized spacial score (nSPS) is 28.1. The highest BCUT2D eigenvalue weighted by Crippen LogP contribution is 2.28. The molecular weight excluding hydrogens is 356 g/mol. The maximum atomic E-state index is 12.6. The first-order valence-corrected chi connectivity index (χ1v) is 10.8. The van der Waals surface area contributed by atoms with E-state index in [1.807, 2.05) is 0 Å². The Balaban J connectivity index is 1.84. The summed E-state index contributed by atoms with van der Waals surface area (Å²) in [4.78, 5) is 24.6. The van der Waals surface area contributed by atoms with Crippen molar-refractivity contribution >= 4 is 23.1 Å². The maximum absolute atomic E-state index is 12.6. The summed E-state index contributed by atoms with van der Waals surface area (Å²) < 4.78 is 28.3. The summed E-state index contributed by atoms with van der Waals surface area (Å²) in [5, 5.41) is 0. The van der Waals surface area contributed by atoms with Crippen molar-refractivity contribution in [2.45, 2.75) is 90.8 Å². The first-order chi connectivity index (χ1) is 12.3. The fraction of sp³-hybridized carbons (Fsp3) is 0.895. The third kappa shape index (κ3) is 6.13. The summed E-state index contributed by atoms with van der Waals surface area (Å²) >= 11 is -1.98. The smallest absolute Gasteiger partial charge is 0.322 e. The van der Waals surface area contributed by atoms with Crippen LogP contribution in [0.2, 0.25) is 0 Å². The molecule has 7 heteroatoms. The Bertz CT molecular complexity index is 508. The monoisotopic (exact) mass is 388 g/mol. The van der Waals surface area contributed by atoms with Gasteiger partial charge in [-0.15, -0.1) is 0 Å². The molecule has 0 saturated heterocycles. The molecule has 0 amide bonds. The molecule has 150 valence electrons. The topological polar surface area (TPSA) is 78.9 Å². The molecular formula is C19H32O6S. The fourth-order valence-electron chi connectivity index (χ4n) is 3.40. The molecule has 0 heterocycles. The van der Waals surface area contributed by atoms with Gasteiger partial charge in [0.05, 0.1) is 12.7 Å². The van der Waals surface area contributed by atoms with Crippen LogP contribution in [0.5, 0.6) is 0 Å². The van der Waals surface area contributed by atoms with E-state index in [9.17, 15) is 13.8 Å². The zero-order valence-corrected chi connectivity index (χ0v) is 17.0. The number of rotatable bonds is 8. The quantitative estimate of drug-likeness (QED) is 0.466. The van der Waals surface area contributed by atoms with Crippen molar-refractivity contribution in [3.8, 4) is 0 Å². The van der Waals surface area contributed by atoms with Crippen molar-refractivity contribution in [3.63, 3.8) is 0 Å². The molecule has 0 N–H and O–H groups in total. The van der Waals surface area contributed by atoms with Crippen LogP contribution >= 0.6 is 0 Å². The highest BCUT2D eigenvalue weighted by Gasteiger charge is 2.42. The van der Waals surface area contributed by atoms with Gasteiger partial charge in [-0.25, -0.2) is 0 Å². The molecule has 2 atom stereocenters. The van der Waals surface area contributed by atoms with Crippen molar-refractivity contribution in [1.82, 2.24) is 0 Å². The van der Waals surface area contributed by atoms with Crippen molar-refractivity contribution in [3.05, 3.63) is 0 Å². The zero-order chi connectivity index (χ0) is 19.2. The average Bonchev–Trinajstić information content (AvgIpc) is 2.62. The van der Waals surface area contributed by atoms with Gasteiger partial charge in [0.25, 0.3) is 0 Å². The third-order valence-electron chi connectivity index (χ3n) is 5.67. The number of ether oxygens (including phenoxy) is 1. The molecule has 0 aromatic carbocycles. The second kappa shape index (κ2) is 9.95. The number of carbonyl (C=O) groups is 2. The largest absolute Gasteiger partial charge is 0.462 e. The third-order valence-corrected chi connectivity index (χ3v) is 6.41. The lowest BCUT2D eigenvalue weighted by molar-refractivity contribution is -0.166. The van der Waals surface area contributed by atoms with Crippen LogP contribution in [0.4, 0.5) is 0 Å². The number of ketones is 1. The SMILES string of the molecule is CC(=O)C(C)(COS(=O)OC1CCC(C)CC1)C(=O)OC1CCCCC1. The molecule has 0 radical (unpaired) electrons. The summed E-state index contributed by atoms with van der Waals surface area (Å²) in [5.41, 5.74) is -1.46. The molecule has 0 aromatic rings. The maximum Gasteiger partial charge on any atom is 0.322 e. The van der Waals surface area contributed by atoms with Gasteiger partial charge in [-0.1, -0.05) is 13.3 Å². The standard InChI is InChI=1S/C19H32O6S/c1-14-9-11-17(12-10-14)25-26(22)23-13-19(3,15(2)20)18(21)24-16-7-5-4-6-8-16/h14,16-17H,4-13H2,1-3H3.